The standard InChI is InChI=1S/C13H17FN2O2.2ClH/c14-12-4-2-1-3-11(12)9-15-5-7-16(8-6-15)10-13(17)18;;/h1-4H,5-10H2,(H,17,18);2*1H. The highest BCUT2D eigenvalue weighted by Gasteiger charge is 2.19. The van der Waals surface area contributed by atoms with E-state index < -0.39 is 5.97 Å². The van der Waals surface area contributed by atoms with E-state index in [2.05, 4.69) is 4.90 Å². The maximum Gasteiger partial charge on any atom is 0.317 e. The number of halogens is 3. The van der Waals surface area contributed by atoms with Crippen molar-refractivity contribution in [3.8, 4) is 0 Å². The van der Waals surface area contributed by atoms with Gasteiger partial charge < -0.3 is 5.11 Å². The predicted molar refractivity (Wildman–Crippen MR) is 80.2 cm³/mol. The molecule has 0 aromatic heterocycles. The lowest BCUT2D eigenvalue weighted by atomic mass is 10.2. The molecule has 1 saturated heterocycles. The van der Waals surface area contributed by atoms with Gasteiger partial charge in [-0.15, -0.1) is 24.8 Å². The summed E-state index contributed by atoms with van der Waals surface area (Å²) in [7, 11) is 0. The van der Waals surface area contributed by atoms with Crippen molar-refractivity contribution in [1.82, 2.24) is 9.80 Å². The van der Waals surface area contributed by atoms with Crippen LogP contribution >= 0.6 is 24.8 Å². The molecule has 1 fully saturated rings. The Balaban J connectivity index is 0.00000180. The Morgan fingerprint density at radius 1 is 1.10 bits per heavy atom. The van der Waals surface area contributed by atoms with Crippen molar-refractivity contribution >= 4 is 30.8 Å². The topological polar surface area (TPSA) is 43.8 Å². The Bertz CT molecular complexity index is 427. The third kappa shape index (κ3) is 5.63. The third-order valence-corrected chi connectivity index (χ3v) is 3.18. The Labute approximate surface area is 130 Å². The molecule has 1 aromatic carbocycles. The third-order valence-electron chi connectivity index (χ3n) is 3.18. The van der Waals surface area contributed by atoms with Crippen LogP contribution in [-0.4, -0.2) is 53.6 Å². The molecule has 0 spiro atoms. The molecule has 0 radical (unpaired) electrons. The molecule has 114 valence electrons. The van der Waals surface area contributed by atoms with Crippen LogP contribution in [0.4, 0.5) is 4.39 Å². The monoisotopic (exact) mass is 324 g/mol. The van der Waals surface area contributed by atoms with E-state index in [4.69, 9.17) is 5.11 Å². The normalized spacial score (nSPS) is 16.1. The molecule has 4 nitrogen and oxygen atoms in total. The number of rotatable bonds is 4. The quantitative estimate of drug-likeness (QED) is 0.918. The molecular weight excluding hydrogens is 306 g/mol. The number of hydrogen-bond acceptors (Lipinski definition) is 3. The van der Waals surface area contributed by atoms with E-state index in [1.807, 2.05) is 11.0 Å². The van der Waals surface area contributed by atoms with Gasteiger partial charge in [0.25, 0.3) is 0 Å². The molecule has 0 unspecified atom stereocenters. The molecule has 0 bridgehead atoms. The maximum absolute atomic E-state index is 13.5. The number of benzene rings is 1. The Morgan fingerprint density at radius 2 is 1.65 bits per heavy atom. The van der Waals surface area contributed by atoms with E-state index >= 15 is 0 Å². The summed E-state index contributed by atoms with van der Waals surface area (Å²) in [6.07, 6.45) is 0. The van der Waals surface area contributed by atoms with Crippen LogP contribution in [0.2, 0.25) is 0 Å². The van der Waals surface area contributed by atoms with Crippen molar-refractivity contribution in [3.05, 3.63) is 35.6 Å². The predicted octanol–water partition coefficient (Wildman–Crippen LogP) is 1.87. The Morgan fingerprint density at radius 3 is 2.20 bits per heavy atom. The number of carboxylic acids is 1. The summed E-state index contributed by atoms with van der Waals surface area (Å²) in [6, 6.07) is 6.78. The zero-order valence-electron chi connectivity index (χ0n) is 11.0. The lowest BCUT2D eigenvalue weighted by Gasteiger charge is -2.33. The SMILES string of the molecule is Cl.Cl.O=C(O)CN1CCN(Cc2ccccc2F)CC1. The zero-order chi connectivity index (χ0) is 13.0. The van der Waals surface area contributed by atoms with Crippen molar-refractivity contribution in [2.75, 3.05) is 32.7 Å². The second kappa shape index (κ2) is 9.13. The van der Waals surface area contributed by atoms with E-state index in [1.54, 1.807) is 12.1 Å². The molecule has 1 heterocycles. The summed E-state index contributed by atoms with van der Waals surface area (Å²) in [6.45, 7) is 3.69. The first kappa shape index (κ1) is 19.1. The summed E-state index contributed by atoms with van der Waals surface area (Å²) in [5, 5.41) is 8.70. The van der Waals surface area contributed by atoms with E-state index in [9.17, 15) is 9.18 Å². The molecule has 2 rings (SSSR count). The molecule has 0 aliphatic carbocycles. The van der Waals surface area contributed by atoms with Crippen LogP contribution in [0.25, 0.3) is 0 Å². The first-order valence-corrected chi connectivity index (χ1v) is 6.05. The smallest absolute Gasteiger partial charge is 0.317 e. The molecule has 0 amide bonds. The lowest BCUT2D eigenvalue weighted by molar-refractivity contribution is -0.138. The van der Waals surface area contributed by atoms with E-state index in [-0.39, 0.29) is 37.2 Å². The molecule has 0 atom stereocenters. The highest BCUT2D eigenvalue weighted by atomic mass is 35.5. The minimum Gasteiger partial charge on any atom is -0.480 e. The van der Waals surface area contributed by atoms with Gasteiger partial charge in [0.2, 0.25) is 0 Å². The lowest BCUT2D eigenvalue weighted by Crippen LogP contribution is -2.47. The fourth-order valence-corrected chi connectivity index (χ4v) is 2.16. The van der Waals surface area contributed by atoms with Gasteiger partial charge in [-0.2, -0.15) is 0 Å². The van der Waals surface area contributed by atoms with Gasteiger partial charge in [-0.1, -0.05) is 18.2 Å². The number of aliphatic carboxylic acids is 1. The summed E-state index contributed by atoms with van der Waals surface area (Å²) >= 11 is 0. The van der Waals surface area contributed by atoms with Crippen LogP contribution in [0.15, 0.2) is 24.3 Å². The zero-order valence-corrected chi connectivity index (χ0v) is 12.6. The van der Waals surface area contributed by atoms with E-state index in [1.165, 1.54) is 6.07 Å². The van der Waals surface area contributed by atoms with Gasteiger partial charge >= 0.3 is 5.97 Å². The number of hydrogen-bond donors (Lipinski definition) is 1. The largest absolute Gasteiger partial charge is 0.480 e. The molecule has 0 saturated carbocycles. The Kier molecular flexibility index (Phi) is 8.73. The van der Waals surface area contributed by atoms with E-state index in [0.29, 0.717) is 12.1 Å². The van der Waals surface area contributed by atoms with Crippen molar-refractivity contribution in [1.29, 1.82) is 0 Å². The highest BCUT2D eigenvalue weighted by Crippen LogP contribution is 2.11. The van der Waals surface area contributed by atoms with Crippen LogP contribution in [0.1, 0.15) is 5.56 Å². The van der Waals surface area contributed by atoms with Gasteiger partial charge in [0.15, 0.2) is 0 Å². The van der Waals surface area contributed by atoms with Gasteiger partial charge in [0.1, 0.15) is 5.82 Å². The average Bonchev–Trinajstić information content (AvgIpc) is 2.34. The maximum atomic E-state index is 13.5. The number of carbonyl (C=O) groups is 1. The second-order valence-corrected chi connectivity index (χ2v) is 4.54. The molecule has 1 aliphatic heterocycles. The Hall–Kier alpha value is -0.880. The molecular formula is C13H19Cl2FN2O2. The molecule has 7 heteroatoms. The first-order valence-electron chi connectivity index (χ1n) is 6.05. The van der Waals surface area contributed by atoms with Crippen molar-refractivity contribution in [2.45, 2.75) is 6.54 Å². The number of piperazine rings is 1. The van der Waals surface area contributed by atoms with Gasteiger partial charge in [0, 0.05) is 38.3 Å². The van der Waals surface area contributed by atoms with Crippen LogP contribution in [-0.2, 0) is 11.3 Å². The van der Waals surface area contributed by atoms with Crippen LogP contribution in [0.3, 0.4) is 0 Å². The summed E-state index contributed by atoms with van der Waals surface area (Å²) in [5.41, 5.74) is 0.698. The number of carboxylic acid groups (broad SMARTS) is 1. The van der Waals surface area contributed by atoms with E-state index in [0.717, 1.165) is 26.2 Å². The molecule has 1 aromatic rings. The fraction of sp³-hybridized carbons (Fsp3) is 0.462. The summed E-state index contributed by atoms with van der Waals surface area (Å²) in [5.74, 6) is -0.969. The molecule has 1 aliphatic rings. The summed E-state index contributed by atoms with van der Waals surface area (Å²) in [4.78, 5) is 14.6. The van der Waals surface area contributed by atoms with Gasteiger partial charge in [-0.25, -0.2) is 4.39 Å². The molecule has 20 heavy (non-hydrogen) atoms. The highest BCUT2D eigenvalue weighted by molar-refractivity contribution is 5.85. The molecule has 1 N–H and O–H groups in total. The van der Waals surface area contributed by atoms with Crippen LogP contribution in [0.5, 0.6) is 0 Å². The fourth-order valence-electron chi connectivity index (χ4n) is 2.16. The minimum absolute atomic E-state index is 0. The summed E-state index contributed by atoms with van der Waals surface area (Å²) < 4.78 is 13.5. The first-order chi connectivity index (χ1) is 8.65. The minimum atomic E-state index is -0.794. The van der Waals surface area contributed by atoms with Gasteiger partial charge in [0.05, 0.1) is 6.54 Å². The van der Waals surface area contributed by atoms with Crippen LogP contribution in [0, 0.1) is 5.82 Å². The van der Waals surface area contributed by atoms with Crippen molar-refractivity contribution in [3.63, 3.8) is 0 Å². The second-order valence-electron chi connectivity index (χ2n) is 4.54. The number of nitrogens with zero attached hydrogens (tertiary/aromatic N) is 2. The van der Waals surface area contributed by atoms with Gasteiger partial charge in [-0.05, 0) is 6.07 Å². The van der Waals surface area contributed by atoms with Crippen molar-refractivity contribution in [2.24, 2.45) is 0 Å². The van der Waals surface area contributed by atoms with Crippen LogP contribution < -0.4 is 0 Å². The average molecular weight is 325 g/mol. The van der Waals surface area contributed by atoms with Crippen molar-refractivity contribution < 1.29 is 14.3 Å². The van der Waals surface area contributed by atoms with Gasteiger partial charge in [-0.3, -0.25) is 14.6 Å².